The lowest BCUT2D eigenvalue weighted by Gasteiger charge is -2.11. The lowest BCUT2D eigenvalue weighted by atomic mass is 9.99. The second kappa shape index (κ2) is 6.10. The van der Waals surface area contributed by atoms with Crippen LogP contribution in [0.2, 0.25) is 5.02 Å². The lowest BCUT2D eigenvalue weighted by molar-refractivity contribution is 0.464. The fourth-order valence-electron chi connectivity index (χ4n) is 2.03. The van der Waals surface area contributed by atoms with Crippen molar-refractivity contribution in [1.29, 1.82) is 0 Å². The number of aryl methyl sites for hydroxylation is 1. The smallest absolute Gasteiger partial charge is 0.119 e. The Morgan fingerprint density at radius 2 is 1.95 bits per heavy atom. The highest BCUT2D eigenvalue weighted by atomic mass is 35.5. The topological polar surface area (TPSA) is 32.6 Å². The maximum Gasteiger partial charge on any atom is 0.119 e. The molecule has 104 valence electrons. The minimum Gasteiger partial charge on any atom is -0.508 e. The predicted molar refractivity (Wildman–Crippen MR) is 85.6 cm³/mol. The second-order valence-electron chi connectivity index (χ2n) is 5.17. The summed E-state index contributed by atoms with van der Waals surface area (Å²) in [5, 5.41) is 10.6. The molecule has 0 amide bonds. The molecule has 0 fully saturated rings. The summed E-state index contributed by atoms with van der Waals surface area (Å²) in [6.45, 7) is 6.04. The number of hydrogen-bond acceptors (Lipinski definition) is 2. The van der Waals surface area contributed by atoms with E-state index in [0.717, 1.165) is 22.4 Å². The minimum absolute atomic E-state index is 0.260. The highest BCUT2D eigenvalue weighted by molar-refractivity contribution is 6.30. The van der Waals surface area contributed by atoms with Crippen molar-refractivity contribution in [1.82, 2.24) is 0 Å². The van der Waals surface area contributed by atoms with Gasteiger partial charge >= 0.3 is 0 Å². The van der Waals surface area contributed by atoms with Crippen LogP contribution in [0.15, 0.2) is 41.4 Å². The Balaban J connectivity index is 2.36. The first-order chi connectivity index (χ1) is 9.47. The number of aliphatic imine (C=N–C) groups is 1. The lowest BCUT2D eigenvalue weighted by Crippen LogP contribution is -1.90. The van der Waals surface area contributed by atoms with Crippen LogP contribution in [0.1, 0.15) is 36.5 Å². The zero-order valence-corrected chi connectivity index (χ0v) is 12.6. The van der Waals surface area contributed by atoms with Gasteiger partial charge in [-0.25, -0.2) is 0 Å². The van der Waals surface area contributed by atoms with Crippen molar-refractivity contribution in [2.75, 3.05) is 0 Å². The van der Waals surface area contributed by atoms with Crippen LogP contribution in [-0.2, 0) is 0 Å². The molecule has 0 aliphatic carbocycles. The molecule has 0 atom stereocenters. The van der Waals surface area contributed by atoms with Crippen molar-refractivity contribution in [3.63, 3.8) is 0 Å². The summed E-state index contributed by atoms with van der Waals surface area (Å²) >= 11 is 5.95. The summed E-state index contributed by atoms with van der Waals surface area (Å²) in [7, 11) is 0. The summed E-state index contributed by atoms with van der Waals surface area (Å²) in [5.74, 6) is 0.593. The highest BCUT2D eigenvalue weighted by Crippen LogP contribution is 2.32. The number of hydrogen-bond donors (Lipinski definition) is 1. The first-order valence-electron chi connectivity index (χ1n) is 6.60. The van der Waals surface area contributed by atoms with Gasteiger partial charge in [-0.1, -0.05) is 37.6 Å². The first kappa shape index (κ1) is 14.6. The molecule has 2 nitrogen and oxygen atoms in total. The summed E-state index contributed by atoms with van der Waals surface area (Å²) in [5.41, 5.74) is 3.68. The number of phenols is 1. The van der Waals surface area contributed by atoms with Crippen LogP contribution in [0.3, 0.4) is 0 Å². The van der Waals surface area contributed by atoms with Gasteiger partial charge in [0.25, 0.3) is 0 Å². The van der Waals surface area contributed by atoms with E-state index in [1.165, 1.54) is 0 Å². The van der Waals surface area contributed by atoms with Gasteiger partial charge in [-0.3, -0.25) is 4.99 Å². The largest absolute Gasteiger partial charge is 0.508 e. The molecule has 1 N–H and O–H groups in total. The van der Waals surface area contributed by atoms with Gasteiger partial charge in [-0.2, -0.15) is 0 Å². The van der Waals surface area contributed by atoms with E-state index in [-0.39, 0.29) is 5.92 Å². The number of benzene rings is 2. The average Bonchev–Trinajstić information content (AvgIpc) is 2.37. The van der Waals surface area contributed by atoms with E-state index >= 15 is 0 Å². The normalized spacial score (nSPS) is 11.4. The molecular formula is C17H18ClNO. The van der Waals surface area contributed by atoms with Crippen LogP contribution in [-0.4, -0.2) is 11.3 Å². The Hall–Kier alpha value is -1.80. The minimum atomic E-state index is 0.260. The van der Waals surface area contributed by atoms with Crippen LogP contribution >= 0.6 is 11.6 Å². The van der Waals surface area contributed by atoms with Crippen LogP contribution in [0.4, 0.5) is 5.69 Å². The van der Waals surface area contributed by atoms with Gasteiger partial charge in [0.15, 0.2) is 0 Å². The number of rotatable bonds is 3. The van der Waals surface area contributed by atoms with Crippen LogP contribution in [0.25, 0.3) is 0 Å². The molecule has 0 spiro atoms. The van der Waals surface area contributed by atoms with Gasteiger partial charge < -0.3 is 5.11 Å². The number of phenolic OH excluding ortho intramolecular Hbond substituents is 1. The molecule has 20 heavy (non-hydrogen) atoms. The molecule has 0 heterocycles. The molecule has 0 saturated heterocycles. The summed E-state index contributed by atoms with van der Waals surface area (Å²) in [6.07, 6.45) is 1.79. The van der Waals surface area contributed by atoms with Crippen LogP contribution in [0, 0.1) is 6.92 Å². The van der Waals surface area contributed by atoms with Crippen molar-refractivity contribution >= 4 is 23.5 Å². The molecule has 0 aromatic heterocycles. The van der Waals surface area contributed by atoms with Gasteiger partial charge in [0.1, 0.15) is 5.75 Å². The fraction of sp³-hybridized carbons (Fsp3) is 0.235. The van der Waals surface area contributed by atoms with Crippen molar-refractivity contribution in [2.45, 2.75) is 26.7 Å². The zero-order valence-electron chi connectivity index (χ0n) is 11.9. The molecule has 0 aliphatic rings. The third kappa shape index (κ3) is 3.40. The van der Waals surface area contributed by atoms with Gasteiger partial charge in [-0.05, 0) is 53.8 Å². The van der Waals surface area contributed by atoms with E-state index in [0.29, 0.717) is 10.8 Å². The zero-order chi connectivity index (χ0) is 14.7. The van der Waals surface area contributed by atoms with E-state index < -0.39 is 0 Å². The Morgan fingerprint density at radius 3 is 2.60 bits per heavy atom. The van der Waals surface area contributed by atoms with Crippen LogP contribution < -0.4 is 0 Å². The summed E-state index contributed by atoms with van der Waals surface area (Å²) in [4.78, 5) is 4.51. The molecule has 0 radical (unpaired) electrons. The van der Waals surface area contributed by atoms with Gasteiger partial charge in [0.05, 0.1) is 5.69 Å². The van der Waals surface area contributed by atoms with E-state index in [1.54, 1.807) is 12.3 Å². The third-order valence-corrected chi connectivity index (χ3v) is 3.40. The number of nitrogens with zero attached hydrogens (tertiary/aromatic N) is 1. The first-order valence-corrected chi connectivity index (χ1v) is 6.98. The SMILES string of the molecule is Cc1cc(O)c(C(C)C)cc1N=Cc1cccc(Cl)c1. The van der Waals surface area contributed by atoms with Gasteiger partial charge in [-0.15, -0.1) is 0 Å². The third-order valence-electron chi connectivity index (χ3n) is 3.17. The molecule has 2 rings (SSSR count). The highest BCUT2D eigenvalue weighted by Gasteiger charge is 2.09. The fourth-order valence-corrected chi connectivity index (χ4v) is 2.23. The maximum atomic E-state index is 9.94. The summed E-state index contributed by atoms with van der Waals surface area (Å²) < 4.78 is 0. The monoisotopic (exact) mass is 287 g/mol. The molecule has 0 aliphatic heterocycles. The Kier molecular flexibility index (Phi) is 4.46. The molecule has 0 saturated carbocycles. The molecular weight excluding hydrogens is 270 g/mol. The van der Waals surface area contributed by atoms with E-state index in [4.69, 9.17) is 11.6 Å². The van der Waals surface area contributed by atoms with Crippen molar-refractivity contribution < 1.29 is 5.11 Å². The van der Waals surface area contributed by atoms with Crippen molar-refractivity contribution in [3.8, 4) is 5.75 Å². The number of halogens is 1. The quantitative estimate of drug-likeness (QED) is 0.771. The molecule has 0 bridgehead atoms. The van der Waals surface area contributed by atoms with Gasteiger partial charge in [0, 0.05) is 11.2 Å². The number of aromatic hydroxyl groups is 1. The average molecular weight is 288 g/mol. The molecule has 0 unspecified atom stereocenters. The van der Waals surface area contributed by atoms with Crippen molar-refractivity contribution in [2.24, 2.45) is 4.99 Å². The van der Waals surface area contributed by atoms with E-state index in [9.17, 15) is 5.11 Å². The Labute approximate surface area is 124 Å². The molecule has 3 heteroatoms. The van der Waals surface area contributed by atoms with E-state index in [2.05, 4.69) is 18.8 Å². The van der Waals surface area contributed by atoms with Crippen molar-refractivity contribution in [3.05, 3.63) is 58.1 Å². The molecule has 2 aromatic rings. The molecule has 2 aromatic carbocycles. The second-order valence-corrected chi connectivity index (χ2v) is 5.60. The standard InChI is InChI=1S/C17H18ClNO/c1-11(2)15-9-16(12(3)7-17(15)20)19-10-13-5-4-6-14(18)8-13/h4-11,20H,1-3H3. The van der Waals surface area contributed by atoms with E-state index in [1.807, 2.05) is 37.3 Å². The van der Waals surface area contributed by atoms with Crippen LogP contribution in [0.5, 0.6) is 5.75 Å². The predicted octanol–water partition coefficient (Wildman–Crippen LogP) is 5.23. The maximum absolute atomic E-state index is 9.94. The van der Waals surface area contributed by atoms with Gasteiger partial charge in [0.2, 0.25) is 0 Å². The Bertz CT molecular complexity index is 647. The summed E-state index contributed by atoms with van der Waals surface area (Å²) in [6, 6.07) is 11.3. The Morgan fingerprint density at radius 1 is 1.20 bits per heavy atom.